The van der Waals surface area contributed by atoms with Crippen LogP contribution in [-0.2, 0) is 0 Å². The van der Waals surface area contributed by atoms with Crippen molar-refractivity contribution in [1.82, 2.24) is 14.9 Å². The SMILES string of the molecule is CCOc1cc(/C=N\n2c(-c3ccccc3F)n[nH]c2=S)ccc1OCC(C)C. The molecule has 0 spiro atoms. The predicted octanol–water partition coefficient (Wildman–Crippen LogP) is 5.06. The zero-order valence-corrected chi connectivity index (χ0v) is 17.4. The van der Waals surface area contributed by atoms with Crippen LogP contribution < -0.4 is 9.47 Å². The van der Waals surface area contributed by atoms with Crippen molar-refractivity contribution in [2.24, 2.45) is 11.0 Å². The first kappa shape index (κ1) is 20.7. The molecule has 2 aromatic carbocycles. The van der Waals surface area contributed by atoms with E-state index in [0.717, 1.165) is 5.56 Å². The lowest BCUT2D eigenvalue weighted by Crippen LogP contribution is -2.06. The van der Waals surface area contributed by atoms with E-state index in [1.807, 2.05) is 25.1 Å². The number of aromatic amines is 1. The van der Waals surface area contributed by atoms with Crippen molar-refractivity contribution in [2.45, 2.75) is 20.8 Å². The van der Waals surface area contributed by atoms with Gasteiger partial charge in [-0.05, 0) is 61.0 Å². The summed E-state index contributed by atoms with van der Waals surface area (Å²) in [6.07, 6.45) is 1.62. The molecular formula is C21H23FN4O2S. The Balaban J connectivity index is 1.91. The number of halogens is 1. The van der Waals surface area contributed by atoms with E-state index in [4.69, 9.17) is 21.7 Å². The first-order valence-corrected chi connectivity index (χ1v) is 9.76. The second-order valence-corrected chi connectivity index (χ2v) is 7.12. The topological polar surface area (TPSA) is 64.4 Å². The molecule has 0 saturated heterocycles. The molecule has 0 unspecified atom stereocenters. The van der Waals surface area contributed by atoms with Crippen LogP contribution in [-0.4, -0.2) is 34.3 Å². The second kappa shape index (κ2) is 9.47. The second-order valence-electron chi connectivity index (χ2n) is 6.73. The molecule has 0 saturated carbocycles. The van der Waals surface area contributed by atoms with Crippen molar-refractivity contribution >= 4 is 18.4 Å². The molecule has 6 nitrogen and oxygen atoms in total. The number of hydrogen-bond acceptors (Lipinski definition) is 5. The van der Waals surface area contributed by atoms with Gasteiger partial charge in [0.15, 0.2) is 17.3 Å². The number of nitrogens with zero attached hydrogens (tertiary/aromatic N) is 3. The van der Waals surface area contributed by atoms with Gasteiger partial charge in [-0.3, -0.25) is 0 Å². The summed E-state index contributed by atoms with van der Waals surface area (Å²) in [5, 5.41) is 11.2. The van der Waals surface area contributed by atoms with E-state index in [-0.39, 0.29) is 4.77 Å². The van der Waals surface area contributed by atoms with Crippen LogP contribution in [0.3, 0.4) is 0 Å². The average Bonchev–Trinajstić information content (AvgIpc) is 3.06. The first-order chi connectivity index (χ1) is 14.0. The van der Waals surface area contributed by atoms with Crippen LogP contribution in [0.5, 0.6) is 11.5 Å². The Morgan fingerprint density at radius 2 is 2.00 bits per heavy atom. The van der Waals surface area contributed by atoms with Crippen molar-refractivity contribution in [3.8, 4) is 22.9 Å². The molecule has 1 aromatic heterocycles. The molecular weight excluding hydrogens is 391 g/mol. The maximum Gasteiger partial charge on any atom is 0.216 e. The van der Waals surface area contributed by atoms with Crippen LogP contribution in [0.25, 0.3) is 11.4 Å². The zero-order valence-electron chi connectivity index (χ0n) is 16.6. The lowest BCUT2D eigenvalue weighted by Gasteiger charge is -2.13. The molecule has 0 aliphatic carbocycles. The Morgan fingerprint density at radius 3 is 2.72 bits per heavy atom. The zero-order chi connectivity index (χ0) is 20.8. The molecule has 1 heterocycles. The highest BCUT2D eigenvalue weighted by Crippen LogP contribution is 2.28. The molecule has 0 bridgehead atoms. The molecule has 0 amide bonds. The van der Waals surface area contributed by atoms with Gasteiger partial charge in [-0.25, -0.2) is 9.49 Å². The van der Waals surface area contributed by atoms with E-state index in [0.29, 0.717) is 42.0 Å². The van der Waals surface area contributed by atoms with Gasteiger partial charge in [0.05, 0.1) is 25.0 Å². The standard InChI is InChI=1S/C21H23FN4O2S/c1-4-27-19-11-15(9-10-18(19)28-13-14(2)3)12-23-26-20(24-25-21(26)29)16-7-5-6-8-17(16)22/h5-12,14H,4,13H2,1-3H3,(H,25,29)/b23-12-. The molecule has 29 heavy (non-hydrogen) atoms. The molecule has 0 fully saturated rings. The Morgan fingerprint density at radius 1 is 1.21 bits per heavy atom. The number of benzene rings is 2. The number of ether oxygens (including phenoxy) is 2. The maximum absolute atomic E-state index is 14.2. The molecule has 152 valence electrons. The summed E-state index contributed by atoms with van der Waals surface area (Å²) in [4.78, 5) is 0. The summed E-state index contributed by atoms with van der Waals surface area (Å²) >= 11 is 5.24. The lowest BCUT2D eigenvalue weighted by molar-refractivity contribution is 0.248. The van der Waals surface area contributed by atoms with Crippen molar-refractivity contribution in [3.63, 3.8) is 0 Å². The fourth-order valence-corrected chi connectivity index (χ4v) is 2.77. The summed E-state index contributed by atoms with van der Waals surface area (Å²) in [6, 6.07) is 11.9. The van der Waals surface area contributed by atoms with Crippen LogP contribution in [0.4, 0.5) is 4.39 Å². The fraction of sp³-hybridized carbons (Fsp3) is 0.286. The van der Waals surface area contributed by atoms with Gasteiger partial charge in [0.2, 0.25) is 4.77 Å². The summed E-state index contributed by atoms with van der Waals surface area (Å²) in [5.41, 5.74) is 1.09. The smallest absolute Gasteiger partial charge is 0.216 e. The normalized spacial score (nSPS) is 11.3. The highest BCUT2D eigenvalue weighted by molar-refractivity contribution is 7.71. The Bertz CT molecular complexity index is 1060. The monoisotopic (exact) mass is 414 g/mol. The first-order valence-electron chi connectivity index (χ1n) is 9.36. The van der Waals surface area contributed by atoms with Crippen LogP contribution in [0.1, 0.15) is 26.3 Å². The van der Waals surface area contributed by atoms with E-state index in [9.17, 15) is 4.39 Å². The van der Waals surface area contributed by atoms with Gasteiger partial charge in [0.25, 0.3) is 0 Å². The molecule has 0 radical (unpaired) electrons. The van der Waals surface area contributed by atoms with E-state index < -0.39 is 5.82 Å². The number of rotatable bonds is 8. The van der Waals surface area contributed by atoms with Crippen LogP contribution in [0, 0.1) is 16.5 Å². The van der Waals surface area contributed by atoms with E-state index in [1.54, 1.807) is 24.4 Å². The molecule has 0 aliphatic rings. The van der Waals surface area contributed by atoms with Crippen molar-refractivity contribution in [2.75, 3.05) is 13.2 Å². The summed E-state index contributed by atoms with van der Waals surface area (Å²) in [6.45, 7) is 7.21. The minimum atomic E-state index is -0.400. The number of aromatic nitrogens is 3. The van der Waals surface area contributed by atoms with Crippen LogP contribution >= 0.6 is 12.2 Å². The summed E-state index contributed by atoms with van der Waals surface area (Å²) < 4.78 is 27.3. The van der Waals surface area contributed by atoms with Gasteiger partial charge in [0.1, 0.15) is 5.82 Å². The van der Waals surface area contributed by atoms with Gasteiger partial charge in [-0.1, -0.05) is 26.0 Å². The fourth-order valence-electron chi connectivity index (χ4n) is 2.59. The third kappa shape index (κ3) is 5.08. The average molecular weight is 415 g/mol. The number of nitrogens with one attached hydrogen (secondary N) is 1. The lowest BCUT2D eigenvalue weighted by atomic mass is 10.2. The number of H-pyrrole nitrogens is 1. The molecule has 3 rings (SSSR count). The van der Waals surface area contributed by atoms with Crippen molar-refractivity contribution < 1.29 is 13.9 Å². The molecule has 8 heteroatoms. The van der Waals surface area contributed by atoms with Gasteiger partial charge in [-0.2, -0.15) is 14.9 Å². The van der Waals surface area contributed by atoms with Gasteiger partial charge >= 0.3 is 0 Å². The highest BCUT2D eigenvalue weighted by Gasteiger charge is 2.12. The van der Waals surface area contributed by atoms with Crippen LogP contribution in [0.15, 0.2) is 47.6 Å². The molecule has 0 atom stereocenters. The largest absolute Gasteiger partial charge is 0.490 e. The third-order valence-electron chi connectivity index (χ3n) is 3.93. The van der Waals surface area contributed by atoms with Crippen LogP contribution in [0.2, 0.25) is 0 Å². The molecule has 0 aliphatic heterocycles. The molecule has 1 N–H and O–H groups in total. The quantitative estimate of drug-likeness (QED) is 0.413. The van der Waals surface area contributed by atoms with E-state index in [2.05, 4.69) is 29.1 Å². The van der Waals surface area contributed by atoms with Crippen molar-refractivity contribution in [3.05, 3.63) is 58.6 Å². The Hall–Kier alpha value is -3.00. The Kier molecular flexibility index (Phi) is 6.77. The summed E-state index contributed by atoms with van der Waals surface area (Å²) in [7, 11) is 0. The number of hydrogen-bond donors (Lipinski definition) is 1. The van der Waals surface area contributed by atoms with Crippen molar-refractivity contribution in [1.29, 1.82) is 0 Å². The van der Waals surface area contributed by atoms with Gasteiger partial charge in [0, 0.05) is 0 Å². The minimum Gasteiger partial charge on any atom is -0.490 e. The van der Waals surface area contributed by atoms with E-state index in [1.165, 1.54) is 10.7 Å². The van der Waals surface area contributed by atoms with Gasteiger partial charge < -0.3 is 9.47 Å². The predicted molar refractivity (Wildman–Crippen MR) is 114 cm³/mol. The van der Waals surface area contributed by atoms with E-state index >= 15 is 0 Å². The maximum atomic E-state index is 14.2. The van der Waals surface area contributed by atoms with Gasteiger partial charge in [-0.15, -0.1) is 0 Å². The Labute approximate surface area is 174 Å². The minimum absolute atomic E-state index is 0.265. The third-order valence-corrected chi connectivity index (χ3v) is 4.19. The molecule has 3 aromatic rings. The summed E-state index contributed by atoms with van der Waals surface area (Å²) in [5.74, 6) is 1.63. The highest BCUT2D eigenvalue weighted by atomic mass is 32.1.